The van der Waals surface area contributed by atoms with Crippen LogP contribution in [0.2, 0.25) is 0 Å². The van der Waals surface area contributed by atoms with Crippen LogP contribution in [0, 0.1) is 0 Å². The molecule has 2 nitrogen and oxygen atoms in total. The van der Waals surface area contributed by atoms with Gasteiger partial charge >= 0.3 is 0 Å². The molecule has 1 aliphatic rings. The summed E-state index contributed by atoms with van der Waals surface area (Å²) in [5, 5.41) is 7.06. The Morgan fingerprint density at radius 1 is 1.25 bits per heavy atom. The molecule has 2 atom stereocenters. The lowest BCUT2D eigenvalue weighted by Gasteiger charge is -2.29. The van der Waals surface area contributed by atoms with Crippen molar-refractivity contribution in [2.45, 2.75) is 51.6 Å². The minimum absolute atomic E-state index is 0.658. The first kappa shape index (κ1) is 10.0. The molecule has 2 heteroatoms. The van der Waals surface area contributed by atoms with Gasteiger partial charge in [-0.1, -0.05) is 26.2 Å². The van der Waals surface area contributed by atoms with Gasteiger partial charge in [0, 0.05) is 25.2 Å². The maximum atomic E-state index is 3.61. The summed E-state index contributed by atoms with van der Waals surface area (Å²) in [5.74, 6) is 0. The highest BCUT2D eigenvalue weighted by Crippen LogP contribution is 2.05. The van der Waals surface area contributed by atoms with E-state index >= 15 is 0 Å². The smallest absolute Gasteiger partial charge is 0.0195 e. The maximum absolute atomic E-state index is 3.61. The van der Waals surface area contributed by atoms with Crippen molar-refractivity contribution in [1.82, 2.24) is 10.6 Å². The Bertz CT molecular complexity index is 114. The fourth-order valence-corrected chi connectivity index (χ4v) is 1.82. The first-order valence-electron chi connectivity index (χ1n) is 5.29. The molecule has 2 N–H and O–H groups in total. The van der Waals surface area contributed by atoms with Crippen LogP contribution in [-0.2, 0) is 0 Å². The largest absolute Gasteiger partial charge is 0.314 e. The highest BCUT2D eigenvalue weighted by Gasteiger charge is 2.15. The monoisotopic (exact) mass is 170 g/mol. The van der Waals surface area contributed by atoms with E-state index in [1.165, 1.54) is 25.7 Å². The van der Waals surface area contributed by atoms with Crippen molar-refractivity contribution in [2.75, 3.05) is 13.1 Å². The number of rotatable bonds is 4. The highest BCUT2D eigenvalue weighted by molar-refractivity contribution is 4.80. The van der Waals surface area contributed by atoms with Crippen LogP contribution in [0.3, 0.4) is 0 Å². The zero-order valence-corrected chi connectivity index (χ0v) is 8.40. The number of hydrogen-bond acceptors (Lipinski definition) is 2. The number of unbranched alkanes of at least 4 members (excludes halogenated alkanes) is 2. The van der Waals surface area contributed by atoms with Crippen LogP contribution in [0.15, 0.2) is 0 Å². The van der Waals surface area contributed by atoms with E-state index in [1.54, 1.807) is 0 Å². The topological polar surface area (TPSA) is 24.1 Å². The summed E-state index contributed by atoms with van der Waals surface area (Å²) in [4.78, 5) is 0. The molecule has 0 amide bonds. The summed E-state index contributed by atoms with van der Waals surface area (Å²) < 4.78 is 0. The van der Waals surface area contributed by atoms with Gasteiger partial charge in [0.15, 0.2) is 0 Å². The van der Waals surface area contributed by atoms with Gasteiger partial charge in [0.25, 0.3) is 0 Å². The molecule has 0 bridgehead atoms. The number of hydrogen-bond donors (Lipinski definition) is 2. The second kappa shape index (κ2) is 5.55. The van der Waals surface area contributed by atoms with Crippen LogP contribution in [0.1, 0.15) is 39.5 Å². The third-order valence-electron chi connectivity index (χ3n) is 2.52. The van der Waals surface area contributed by atoms with Crippen LogP contribution in [-0.4, -0.2) is 25.2 Å². The molecule has 0 aromatic carbocycles. The van der Waals surface area contributed by atoms with Gasteiger partial charge in [-0.05, 0) is 13.3 Å². The van der Waals surface area contributed by atoms with Crippen molar-refractivity contribution in [1.29, 1.82) is 0 Å². The summed E-state index contributed by atoms with van der Waals surface area (Å²) in [6.07, 6.45) is 5.43. The van der Waals surface area contributed by atoms with Gasteiger partial charge in [0.1, 0.15) is 0 Å². The van der Waals surface area contributed by atoms with E-state index in [0.29, 0.717) is 6.04 Å². The van der Waals surface area contributed by atoms with E-state index in [2.05, 4.69) is 24.5 Å². The summed E-state index contributed by atoms with van der Waals surface area (Å²) >= 11 is 0. The first-order chi connectivity index (χ1) is 5.83. The van der Waals surface area contributed by atoms with E-state index in [-0.39, 0.29) is 0 Å². The lowest BCUT2D eigenvalue weighted by Crippen LogP contribution is -2.53. The van der Waals surface area contributed by atoms with Gasteiger partial charge < -0.3 is 10.6 Å². The average molecular weight is 170 g/mol. The standard InChI is InChI=1S/C10H22N2/c1-3-4-5-6-10-8-11-7-9(2)12-10/h9-12H,3-8H2,1-2H3/t9-,10+/m0/s1. The summed E-state index contributed by atoms with van der Waals surface area (Å²) in [5.41, 5.74) is 0. The fourth-order valence-electron chi connectivity index (χ4n) is 1.82. The van der Waals surface area contributed by atoms with Gasteiger partial charge in [-0.25, -0.2) is 0 Å². The lowest BCUT2D eigenvalue weighted by molar-refractivity contribution is 0.333. The predicted octanol–water partition coefficient (Wildman–Crippen LogP) is 1.52. The number of piperazine rings is 1. The fraction of sp³-hybridized carbons (Fsp3) is 1.00. The van der Waals surface area contributed by atoms with E-state index in [9.17, 15) is 0 Å². The van der Waals surface area contributed by atoms with Crippen LogP contribution >= 0.6 is 0 Å². The second-order valence-corrected chi connectivity index (χ2v) is 3.92. The molecule has 1 heterocycles. The summed E-state index contributed by atoms with van der Waals surface area (Å²) in [6, 6.07) is 1.38. The Labute approximate surface area is 76.1 Å². The predicted molar refractivity (Wildman–Crippen MR) is 53.4 cm³/mol. The molecule has 0 saturated carbocycles. The van der Waals surface area contributed by atoms with Crippen molar-refractivity contribution in [3.63, 3.8) is 0 Å². The molecular weight excluding hydrogens is 148 g/mol. The average Bonchev–Trinajstić information content (AvgIpc) is 2.05. The molecule has 0 aliphatic carbocycles. The van der Waals surface area contributed by atoms with Crippen LogP contribution in [0.4, 0.5) is 0 Å². The lowest BCUT2D eigenvalue weighted by atomic mass is 10.1. The van der Waals surface area contributed by atoms with E-state index in [0.717, 1.165) is 19.1 Å². The van der Waals surface area contributed by atoms with E-state index in [1.807, 2.05) is 0 Å². The molecule has 0 spiro atoms. The normalized spacial score (nSPS) is 30.5. The van der Waals surface area contributed by atoms with E-state index in [4.69, 9.17) is 0 Å². The molecule has 1 fully saturated rings. The van der Waals surface area contributed by atoms with Crippen molar-refractivity contribution in [3.05, 3.63) is 0 Å². The van der Waals surface area contributed by atoms with Crippen molar-refractivity contribution in [3.8, 4) is 0 Å². The second-order valence-electron chi connectivity index (χ2n) is 3.92. The van der Waals surface area contributed by atoms with Crippen LogP contribution in [0.25, 0.3) is 0 Å². The minimum atomic E-state index is 0.658. The van der Waals surface area contributed by atoms with E-state index < -0.39 is 0 Å². The molecule has 1 saturated heterocycles. The van der Waals surface area contributed by atoms with Crippen LogP contribution < -0.4 is 10.6 Å². The molecule has 12 heavy (non-hydrogen) atoms. The van der Waals surface area contributed by atoms with Crippen molar-refractivity contribution in [2.24, 2.45) is 0 Å². The number of nitrogens with one attached hydrogen (secondary N) is 2. The Hall–Kier alpha value is -0.0800. The van der Waals surface area contributed by atoms with Gasteiger partial charge in [-0.15, -0.1) is 0 Å². The zero-order chi connectivity index (χ0) is 8.81. The molecule has 0 radical (unpaired) electrons. The Morgan fingerprint density at radius 2 is 2.08 bits per heavy atom. The van der Waals surface area contributed by atoms with Gasteiger partial charge in [0.2, 0.25) is 0 Å². The summed E-state index contributed by atoms with van der Waals surface area (Å²) in [6.45, 7) is 6.80. The zero-order valence-electron chi connectivity index (χ0n) is 8.40. The minimum Gasteiger partial charge on any atom is -0.314 e. The Morgan fingerprint density at radius 3 is 2.75 bits per heavy atom. The highest BCUT2D eigenvalue weighted by atomic mass is 15.1. The summed E-state index contributed by atoms with van der Waals surface area (Å²) in [7, 11) is 0. The third-order valence-corrected chi connectivity index (χ3v) is 2.52. The first-order valence-corrected chi connectivity index (χ1v) is 5.29. The Kier molecular flexibility index (Phi) is 4.62. The molecule has 0 aromatic rings. The molecular formula is C10H22N2. The Balaban J connectivity index is 2.06. The van der Waals surface area contributed by atoms with Crippen molar-refractivity contribution < 1.29 is 0 Å². The molecule has 0 unspecified atom stereocenters. The van der Waals surface area contributed by atoms with Crippen molar-refractivity contribution >= 4 is 0 Å². The van der Waals surface area contributed by atoms with Gasteiger partial charge in [-0.2, -0.15) is 0 Å². The molecule has 72 valence electrons. The quantitative estimate of drug-likeness (QED) is 0.625. The maximum Gasteiger partial charge on any atom is 0.0195 e. The van der Waals surface area contributed by atoms with Crippen LogP contribution in [0.5, 0.6) is 0 Å². The third kappa shape index (κ3) is 3.55. The van der Waals surface area contributed by atoms with Gasteiger partial charge in [0.05, 0.1) is 0 Å². The molecule has 0 aromatic heterocycles. The SMILES string of the molecule is CCCCC[C@@H]1CNC[C@H](C)N1. The molecule has 1 rings (SSSR count). The molecule has 1 aliphatic heterocycles. The van der Waals surface area contributed by atoms with Gasteiger partial charge in [-0.3, -0.25) is 0 Å².